The maximum absolute atomic E-state index is 14.3. The number of carbonyl (C=O) groups is 1. The number of rotatable bonds is 3. The minimum absolute atomic E-state index is 0.0382. The number of allylic oxidation sites excluding steroid dienone is 2. The first-order chi connectivity index (χ1) is 20.8. The molecule has 3 saturated carbocycles. The summed E-state index contributed by atoms with van der Waals surface area (Å²) in [6.45, 7) is 17.7. The SMILES string of the molecule is C[C@@H]1[C@H]2C3=CC[C@H]4[C@]5(C)Cc6c(Cl)ncnc6C(C)(C)[C@H]5CC[C@]4(C)[C@]3(C)CC[C@@]2(C(=O)OCc2ccccc2)CC[C@@H]1C. The average Bonchev–Trinajstić information content (AvgIpc) is 2.99. The zero-order valence-electron chi connectivity index (χ0n) is 27.9. The van der Waals surface area contributed by atoms with Crippen molar-refractivity contribution in [3.8, 4) is 0 Å². The molecule has 1 aromatic heterocycles. The highest BCUT2D eigenvalue weighted by Gasteiger charge is 2.69. The molecule has 5 heteroatoms. The fourth-order valence-electron chi connectivity index (χ4n) is 12.2. The number of hydrogen-bond acceptors (Lipinski definition) is 4. The molecular weight excluding hydrogens is 564 g/mol. The van der Waals surface area contributed by atoms with Gasteiger partial charge >= 0.3 is 5.97 Å². The summed E-state index contributed by atoms with van der Waals surface area (Å²) in [5, 5.41) is 0.634. The zero-order valence-corrected chi connectivity index (χ0v) is 28.6. The molecule has 2 aromatic rings. The van der Waals surface area contributed by atoms with Gasteiger partial charge in [0.2, 0.25) is 0 Å². The van der Waals surface area contributed by atoms with Crippen molar-refractivity contribution in [2.45, 2.75) is 112 Å². The Balaban J connectivity index is 1.28. The van der Waals surface area contributed by atoms with Crippen LogP contribution in [0.25, 0.3) is 0 Å². The lowest BCUT2D eigenvalue weighted by Gasteiger charge is -2.70. The standard InChI is InChI=1S/C39H51ClN2O2/c1-24-15-18-39(34(43)44-22-26-11-9-8-10-12-26)20-19-37(6)28(31(39)25(24)2)13-14-30-36(5)21-27-32(41-23-42-33(27)40)35(3,4)29(36)16-17-38(30,37)7/h8-13,23-25,29-31H,14-22H2,1-7H3/t24-,25-,29+,30-,31-,36+,37+,38-,39-/m0/s1. The molecule has 0 amide bonds. The molecule has 1 heterocycles. The quantitative estimate of drug-likeness (QED) is 0.196. The summed E-state index contributed by atoms with van der Waals surface area (Å²) < 4.78 is 6.22. The number of benzene rings is 1. The van der Waals surface area contributed by atoms with Gasteiger partial charge in [0.1, 0.15) is 18.1 Å². The fourth-order valence-corrected chi connectivity index (χ4v) is 12.4. The van der Waals surface area contributed by atoms with Gasteiger partial charge in [0.15, 0.2) is 0 Å². The summed E-state index contributed by atoms with van der Waals surface area (Å²) in [6, 6.07) is 10.2. The molecule has 5 aliphatic rings. The zero-order chi connectivity index (χ0) is 31.3. The molecule has 44 heavy (non-hydrogen) atoms. The van der Waals surface area contributed by atoms with Gasteiger partial charge in [-0.2, -0.15) is 0 Å². The van der Waals surface area contributed by atoms with Gasteiger partial charge in [-0.25, -0.2) is 9.97 Å². The van der Waals surface area contributed by atoms with E-state index in [0.717, 1.165) is 49.8 Å². The first-order valence-electron chi connectivity index (χ1n) is 17.2. The summed E-state index contributed by atoms with van der Waals surface area (Å²) in [5.41, 5.74) is 4.76. The maximum atomic E-state index is 14.3. The average molecular weight is 615 g/mol. The van der Waals surface area contributed by atoms with Gasteiger partial charge in [0.05, 0.1) is 11.1 Å². The van der Waals surface area contributed by atoms with Crippen LogP contribution in [-0.2, 0) is 28.0 Å². The highest BCUT2D eigenvalue weighted by molar-refractivity contribution is 6.30. The number of fused-ring (bicyclic) bond motifs is 8. The van der Waals surface area contributed by atoms with Crippen molar-refractivity contribution in [1.29, 1.82) is 0 Å². The maximum Gasteiger partial charge on any atom is 0.313 e. The molecule has 0 unspecified atom stereocenters. The molecule has 0 aliphatic heterocycles. The van der Waals surface area contributed by atoms with Crippen LogP contribution in [0.2, 0.25) is 5.15 Å². The lowest BCUT2D eigenvalue weighted by Crippen LogP contribution is -2.65. The van der Waals surface area contributed by atoms with Gasteiger partial charge in [-0.1, -0.05) is 102 Å². The van der Waals surface area contributed by atoms with Crippen LogP contribution in [0.5, 0.6) is 0 Å². The lowest BCUT2D eigenvalue weighted by atomic mass is 9.33. The minimum atomic E-state index is -0.424. The topological polar surface area (TPSA) is 52.1 Å². The molecule has 4 nitrogen and oxygen atoms in total. The third-order valence-electron chi connectivity index (χ3n) is 14.8. The smallest absolute Gasteiger partial charge is 0.313 e. The molecule has 0 spiro atoms. The Hall–Kier alpha value is -2.20. The van der Waals surface area contributed by atoms with Gasteiger partial charge in [-0.05, 0) is 103 Å². The highest BCUT2D eigenvalue weighted by Crippen LogP contribution is 2.75. The van der Waals surface area contributed by atoms with Crippen LogP contribution in [0.3, 0.4) is 0 Å². The Morgan fingerprint density at radius 3 is 2.45 bits per heavy atom. The fraction of sp³-hybridized carbons (Fsp3) is 0.667. The van der Waals surface area contributed by atoms with Crippen LogP contribution < -0.4 is 0 Å². The predicted octanol–water partition coefficient (Wildman–Crippen LogP) is 9.54. The van der Waals surface area contributed by atoms with E-state index in [9.17, 15) is 4.79 Å². The van der Waals surface area contributed by atoms with Gasteiger partial charge in [-0.3, -0.25) is 4.79 Å². The van der Waals surface area contributed by atoms with E-state index in [1.54, 1.807) is 11.9 Å². The van der Waals surface area contributed by atoms with Gasteiger partial charge in [0.25, 0.3) is 0 Å². The molecule has 7 rings (SSSR count). The normalized spacial score (nSPS) is 42.0. The monoisotopic (exact) mass is 614 g/mol. The Bertz CT molecular complexity index is 1500. The number of nitrogens with zero attached hydrogens (tertiary/aromatic N) is 2. The number of esters is 1. The molecule has 9 atom stereocenters. The largest absolute Gasteiger partial charge is 0.460 e. The van der Waals surface area contributed by atoms with Crippen LogP contribution in [0, 0.1) is 51.2 Å². The summed E-state index contributed by atoms with van der Waals surface area (Å²) in [4.78, 5) is 23.6. The molecule has 0 N–H and O–H groups in total. The Kier molecular flexibility index (Phi) is 7.02. The van der Waals surface area contributed by atoms with E-state index in [2.05, 4.69) is 71.7 Å². The van der Waals surface area contributed by atoms with Crippen LogP contribution in [0.1, 0.15) is 110 Å². The number of ether oxygens (including phenoxy) is 1. The van der Waals surface area contributed by atoms with Crippen molar-refractivity contribution in [2.75, 3.05) is 0 Å². The van der Waals surface area contributed by atoms with Crippen LogP contribution in [0.4, 0.5) is 0 Å². The Morgan fingerprint density at radius 2 is 1.70 bits per heavy atom. The molecule has 236 valence electrons. The van der Waals surface area contributed by atoms with Crippen LogP contribution in [0.15, 0.2) is 48.3 Å². The highest BCUT2D eigenvalue weighted by atomic mass is 35.5. The summed E-state index contributed by atoms with van der Waals surface area (Å²) in [7, 11) is 0. The first kappa shape index (κ1) is 30.5. The second-order valence-electron chi connectivity index (χ2n) is 16.8. The number of hydrogen-bond donors (Lipinski definition) is 0. The van der Waals surface area contributed by atoms with Gasteiger partial charge in [0, 0.05) is 11.0 Å². The van der Waals surface area contributed by atoms with E-state index in [0.29, 0.717) is 35.4 Å². The van der Waals surface area contributed by atoms with E-state index < -0.39 is 5.41 Å². The minimum Gasteiger partial charge on any atom is -0.460 e. The third kappa shape index (κ3) is 3.97. The van der Waals surface area contributed by atoms with Gasteiger partial charge in [-0.15, -0.1) is 0 Å². The van der Waals surface area contributed by atoms with Crippen molar-refractivity contribution in [3.05, 3.63) is 70.3 Å². The van der Waals surface area contributed by atoms with E-state index in [1.807, 2.05) is 18.2 Å². The summed E-state index contributed by atoms with van der Waals surface area (Å²) in [6.07, 6.45) is 12.7. The van der Waals surface area contributed by atoms with Crippen molar-refractivity contribution >= 4 is 17.6 Å². The van der Waals surface area contributed by atoms with E-state index in [4.69, 9.17) is 21.3 Å². The van der Waals surface area contributed by atoms with E-state index >= 15 is 0 Å². The van der Waals surface area contributed by atoms with Gasteiger partial charge < -0.3 is 4.74 Å². The molecule has 1 aromatic carbocycles. The number of aromatic nitrogens is 2. The van der Waals surface area contributed by atoms with Crippen molar-refractivity contribution in [2.24, 2.45) is 51.2 Å². The number of carbonyl (C=O) groups excluding carboxylic acids is 1. The van der Waals surface area contributed by atoms with Crippen molar-refractivity contribution in [1.82, 2.24) is 9.97 Å². The van der Waals surface area contributed by atoms with Crippen molar-refractivity contribution < 1.29 is 9.53 Å². The molecule has 0 saturated heterocycles. The Morgan fingerprint density at radius 1 is 0.955 bits per heavy atom. The second-order valence-corrected chi connectivity index (χ2v) is 17.1. The Labute approximate surface area is 269 Å². The summed E-state index contributed by atoms with van der Waals surface area (Å²) in [5.74, 6) is 2.38. The van der Waals surface area contributed by atoms with E-state index in [-0.39, 0.29) is 33.5 Å². The van der Waals surface area contributed by atoms with E-state index in [1.165, 1.54) is 18.4 Å². The van der Waals surface area contributed by atoms with Crippen molar-refractivity contribution in [3.63, 3.8) is 0 Å². The molecular formula is C39H51ClN2O2. The number of halogens is 1. The lowest BCUT2D eigenvalue weighted by molar-refractivity contribution is -0.184. The molecule has 5 aliphatic carbocycles. The molecule has 0 radical (unpaired) electrons. The van der Waals surface area contributed by atoms with Crippen LogP contribution >= 0.6 is 11.6 Å². The first-order valence-corrected chi connectivity index (χ1v) is 17.6. The second kappa shape index (κ2) is 10.1. The third-order valence-corrected chi connectivity index (χ3v) is 15.1. The summed E-state index contributed by atoms with van der Waals surface area (Å²) >= 11 is 6.82. The molecule has 3 fully saturated rings. The predicted molar refractivity (Wildman–Crippen MR) is 176 cm³/mol. The van der Waals surface area contributed by atoms with Crippen LogP contribution in [-0.4, -0.2) is 15.9 Å². The molecule has 0 bridgehead atoms.